The Hall–Kier alpha value is -3.71. The molecule has 2 aliphatic heterocycles. The number of aliphatic carboxylic acids is 1. The van der Waals surface area contributed by atoms with Gasteiger partial charge >= 0.3 is 5.97 Å². The van der Waals surface area contributed by atoms with Gasteiger partial charge in [0.05, 0.1) is 10.6 Å². The van der Waals surface area contributed by atoms with Crippen molar-refractivity contribution in [2.75, 3.05) is 50.7 Å². The second-order valence-electron chi connectivity index (χ2n) is 10.1. The molecule has 4 N–H and O–H groups in total. The van der Waals surface area contributed by atoms with Gasteiger partial charge < -0.3 is 25.5 Å². The predicted molar refractivity (Wildman–Crippen MR) is 150 cm³/mol. The molecular formula is C27H35FN6O5S. The zero-order valence-corrected chi connectivity index (χ0v) is 23.6. The molecule has 2 aliphatic rings. The number of guanidine groups is 1. The van der Waals surface area contributed by atoms with Crippen LogP contribution in [0.5, 0.6) is 0 Å². The highest BCUT2D eigenvalue weighted by Crippen LogP contribution is 2.23. The van der Waals surface area contributed by atoms with E-state index in [0.717, 1.165) is 37.1 Å². The summed E-state index contributed by atoms with van der Waals surface area (Å²) in [6, 6.07) is 5.85. The van der Waals surface area contributed by atoms with Crippen LogP contribution in [0.2, 0.25) is 0 Å². The van der Waals surface area contributed by atoms with Gasteiger partial charge in [0, 0.05) is 51.4 Å². The number of carbonyl (C=O) groups is 2. The van der Waals surface area contributed by atoms with Gasteiger partial charge in [-0.05, 0) is 56.5 Å². The number of carboxylic acid groups (broad SMARTS) is 1. The van der Waals surface area contributed by atoms with Gasteiger partial charge in [-0.2, -0.15) is 4.72 Å². The maximum Gasteiger partial charge on any atom is 0.323 e. The molecule has 2 aromatic rings. The molecule has 0 aliphatic carbocycles. The molecule has 0 radical (unpaired) electrons. The van der Waals surface area contributed by atoms with Crippen molar-refractivity contribution in [2.45, 2.75) is 38.1 Å². The van der Waals surface area contributed by atoms with E-state index in [1.807, 2.05) is 11.8 Å². The summed E-state index contributed by atoms with van der Waals surface area (Å²) >= 11 is 0. The van der Waals surface area contributed by atoms with Crippen molar-refractivity contribution in [3.63, 3.8) is 0 Å². The quantitative estimate of drug-likeness (QED) is 0.370. The van der Waals surface area contributed by atoms with E-state index in [1.54, 1.807) is 26.0 Å². The van der Waals surface area contributed by atoms with E-state index >= 15 is 4.39 Å². The van der Waals surface area contributed by atoms with Crippen molar-refractivity contribution < 1.29 is 27.5 Å². The Kier molecular flexibility index (Phi) is 8.94. The van der Waals surface area contributed by atoms with Crippen LogP contribution in [-0.4, -0.2) is 88.1 Å². The van der Waals surface area contributed by atoms with E-state index in [0.29, 0.717) is 43.0 Å². The summed E-state index contributed by atoms with van der Waals surface area (Å²) in [5, 5.41) is 15.3. The van der Waals surface area contributed by atoms with E-state index in [2.05, 4.69) is 25.2 Å². The Labute approximate surface area is 233 Å². The average Bonchev–Trinajstić information content (AvgIpc) is 2.90. The van der Waals surface area contributed by atoms with Crippen molar-refractivity contribution in [3.05, 3.63) is 58.4 Å². The number of aliphatic imine (C=N–C) groups is 1. The highest BCUT2D eigenvalue weighted by molar-refractivity contribution is 7.89. The number of piperazine rings is 1. The number of nitrogens with zero attached hydrogens (tertiary/aromatic N) is 3. The molecule has 40 heavy (non-hydrogen) atoms. The number of rotatable bonds is 8. The number of aryl methyl sites for hydroxylation is 3. The molecule has 1 atom stereocenters. The maximum atomic E-state index is 15.0. The standard InChI is InChI=1S/C27H35FN6O5S/c1-17-13-18(2)24(19(3)14-17)40(38,39)32-22(26(36)37)16-31-25(35)20-5-6-23(21(28)15-20)33-9-11-34(12-10-33)27-29-7-4-8-30-27/h5-6,13-15,22,32H,4,7-12,16H2,1-3H3,(H,29,30)(H,31,35)(H,36,37). The lowest BCUT2D eigenvalue weighted by atomic mass is 10.1. The van der Waals surface area contributed by atoms with Crippen molar-refractivity contribution in [2.24, 2.45) is 4.99 Å². The van der Waals surface area contributed by atoms with Gasteiger partial charge in [-0.15, -0.1) is 0 Å². The van der Waals surface area contributed by atoms with Crippen LogP contribution in [0.1, 0.15) is 33.5 Å². The fraction of sp³-hybridized carbons (Fsp3) is 0.444. The second kappa shape index (κ2) is 12.2. The number of carbonyl (C=O) groups excluding carboxylic acids is 1. The molecule has 1 fully saturated rings. The summed E-state index contributed by atoms with van der Waals surface area (Å²) in [5.41, 5.74) is 2.21. The average molecular weight is 575 g/mol. The van der Waals surface area contributed by atoms with E-state index in [9.17, 15) is 23.1 Å². The van der Waals surface area contributed by atoms with Gasteiger partial charge in [-0.3, -0.25) is 14.6 Å². The van der Waals surface area contributed by atoms with E-state index in [4.69, 9.17) is 0 Å². The number of anilines is 1. The summed E-state index contributed by atoms with van der Waals surface area (Å²) in [7, 11) is -4.19. The summed E-state index contributed by atoms with van der Waals surface area (Å²) in [4.78, 5) is 33.1. The summed E-state index contributed by atoms with van der Waals surface area (Å²) < 4.78 is 43.2. The third-order valence-electron chi connectivity index (χ3n) is 6.94. The van der Waals surface area contributed by atoms with Crippen LogP contribution in [0, 0.1) is 26.6 Å². The van der Waals surface area contributed by atoms with Crippen LogP contribution in [-0.2, 0) is 14.8 Å². The summed E-state index contributed by atoms with van der Waals surface area (Å²) in [5.74, 6) is -1.87. The zero-order valence-electron chi connectivity index (χ0n) is 22.8. The Morgan fingerprint density at radius 2 is 1.73 bits per heavy atom. The van der Waals surface area contributed by atoms with Gasteiger partial charge in [0.2, 0.25) is 10.0 Å². The van der Waals surface area contributed by atoms with Gasteiger partial charge in [0.25, 0.3) is 5.91 Å². The number of hydrogen-bond donors (Lipinski definition) is 4. The molecule has 0 spiro atoms. The highest BCUT2D eigenvalue weighted by atomic mass is 32.2. The number of hydrogen-bond acceptors (Lipinski definition) is 8. The van der Waals surface area contributed by atoms with E-state index in [1.165, 1.54) is 12.1 Å². The number of halogens is 1. The smallest absolute Gasteiger partial charge is 0.323 e. The fourth-order valence-electron chi connectivity index (χ4n) is 5.11. The van der Waals surface area contributed by atoms with Crippen molar-refractivity contribution in [1.82, 2.24) is 20.3 Å². The number of sulfonamides is 1. The first kappa shape index (κ1) is 29.3. The molecule has 0 aromatic heterocycles. The topological polar surface area (TPSA) is 143 Å². The zero-order chi connectivity index (χ0) is 29.0. The third-order valence-corrected chi connectivity index (χ3v) is 8.72. The summed E-state index contributed by atoms with van der Waals surface area (Å²) in [6.07, 6.45) is 1.01. The van der Waals surface area contributed by atoms with Crippen molar-refractivity contribution in [1.29, 1.82) is 0 Å². The molecule has 1 unspecified atom stereocenters. The number of nitrogens with one attached hydrogen (secondary N) is 3. The first-order valence-corrected chi connectivity index (χ1v) is 14.6. The number of amides is 1. The minimum Gasteiger partial charge on any atom is -0.480 e. The third kappa shape index (κ3) is 6.70. The van der Waals surface area contributed by atoms with Crippen LogP contribution in [0.4, 0.5) is 10.1 Å². The van der Waals surface area contributed by atoms with Gasteiger partial charge in [0.1, 0.15) is 11.9 Å². The van der Waals surface area contributed by atoms with E-state index < -0.39 is 40.3 Å². The van der Waals surface area contributed by atoms with Crippen molar-refractivity contribution >= 4 is 33.5 Å². The molecule has 13 heteroatoms. The molecule has 2 aromatic carbocycles. The second-order valence-corrected chi connectivity index (χ2v) is 11.7. The van der Waals surface area contributed by atoms with Crippen LogP contribution < -0.4 is 20.3 Å². The lowest BCUT2D eigenvalue weighted by Crippen LogP contribution is -2.53. The van der Waals surface area contributed by atoms with Crippen LogP contribution in [0.15, 0.2) is 40.2 Å². The number of benzene rings is 2. The first-order chi connectivity index (χ1) is 19.0. The largest absolute Gasteiger partial charge is 0.480 e. The Bertz CT molecular complexity index is 1400. The molecular weight excluding hydrogens is 539 g/mol. The molecule has 11 nitrogen and oxygen atoms in total. The normalized spacial score (nSPS) is 16.6. The van der Waals surface area contributed by atoms with Crippen LogP contribution in [0.3, 0.4) is 0 Å². The van der Waals surface area contributed by atoms with Gasteiger partial charge in [-0.25, -0.2) is 12.8 Å². The Morgan fingerprint density at radius 3 is 2.30 bits per heavy atom. The summed E-state index contributed by atoms with van der Waals surface area (Å²) in [6.45, 7) is 8.80. The molecule has 1 amide bonds. The molecule has 1 saturated heterocycles. The molecule has 216 valence electrons. The lowest BCUT2D eigenvalue weighted by Gasteiger charge is -2.38. The van der Waals surface area contributed by atoms with Gasteiger partial charge in [0.15, 0.2) is 5.96 Å². The minimum atomic E-state index is -4.19. The lowest BCUT2D eigenvalue weighted by molar-refractivity contribution is -0.138. The monoisotopic (exact) mass is 574 g/mol. The van der Waals surface area contributed by atoms with Crippen molar-refractivity contribution in [3.8, 4) is 0 Å². The Morgan fingerprint density at radius 1 is 1.07 bits per heavy atom. The van der Waals surface area contributed by atoms with E-state index in [-0.39, 0.29) is 10.5 Å². The number of carboxylic acids is 1. The molecule has 2 heterocycles. The Balaban J connectivity index is 1.37. The highest BCUT2D eigenvalue weighted by Gasteiger charge is 2.29. The van der Waals surface area contributed by atoms with Gasteiger partial charge in [-0.1, -0.05) is 17.7 Å². The SMILES string of the molecule is Cc1cc(C)c(S(=O)(=O)NC(CNC(=O)c2ccc(N3CCN(C4=NCCCN4)CC3)c(F)c2)C(=O)O)c(C)c1. The minimum absolute atomic E-state index is 0.00198. The van der Waals surface area contributed by atoms with Crippen LogP contribution >= 0.6 is 0 Å². The maximum absolute atomic E-state index is 15.0. The fourth-order valence-corrected chi connectivity index (χ4v) is 6.75. The van der Waals surface area contributed by atoms with Crippen LogP contribution in [0.25, 0.3) is 0 Å². The molecule has 0 saturated carbocycles. The predicted octanol–water partition coefficient (Wildman–Crippen LogP) is 1.38. The first-order valence-electron chi connectivity index (χ1n) is 13.1. The molecule has 0 bridgehead atoms. The molecule has 4 rings (SSSR count).